The molecule has 0 spiro atoms. The van der Waals surface area contributed by atoms with Crippen molar-refractivity contribution in [2.45, 2.75) is 0 Å². The number of benzene rings is 1. The van der Waals surface area contributed by atoms with Crippen LogP contribution in [0.5, 0.6) is 11.5 Å². The molecular weight excluding hydrogens is 238 g/mol. The van der Waals surface area contributed by atoms with E-state index in [-0.39, 0.29) is 12.4 Å². The smallest absolute Gasteiger partial charge is 0.255 e. The van der Waals surface area contributed by atoms with Crippen molar-refractivity contribution in [3.63, 3.8) is 0 Å². The molecule has 4 N–H and O–H groups in total. The van der Waals surface area contributed by atoms with Crippen molar-refractivity contribution in [2.24, 2.45) is 10.9 Å². The average molecular weight is 253 g/mol. The second-order valence-electron chi connectivity index (χ2n) is 3.32. The van der Waals surface area contributed by atoms with Crippen LogP contribution in [0, 0.1) is 0 Å². The molecule has 1 aromatic carbocycles. The maximum Gasteiger partial charge on any atom is 0.255 e. The van der Waals surface area contributed by atoms with Crippen molar-refractivity contribution < 1.29 is 19.5 Å². The Kier molecular flexibility index (Phi) is 4.79. The number of carbonyl (C=O) groups is 1. The van der Waals surface area contributed by atoms with Crippen molar-refractivity contribution in [2.75, 3.05) is 20.8 Å². The van der Waals surface area contributed by atoms with E-state index in [1.54, 1.807) is 18.2 Å². The maximum absolute atomic E-state index is 11.9. The molecular formula is C11H15N3O4. The first-order valence-electron chi connectivity index (χ1n) is 5.09. The van der Waals surface area contributed by atoms with Crippen LogP contribution in [0.15, 0.2) is 23.4 Å². The van der Waals surface area contributed by atoms with Crippen LogP contribution in [-0.2, 0) is 0 Å². The summed E-state index contributed by atoms with van der Waals surface area (Å²) in [6.45, 7) is -0.0598. The third-order valence-corrected chi connectivity index (χ3v) is 2.21. The zero-order chi connectivity index (χ0) is 13.5. The maximum atomic E-state index is 11.9. The van der Waals surface area contributed by atoms with Crippen molar-refractivity contribution in [3.8, 4) is 11.5 Å². The summed E-state index contributed by atoms with van der Waals surface area (Å²) in [6, 6.07) is 4.93. The Hall–Kier alpha value is -2.44. The Morgan fingerprint density at radius 1 is 1.44 bits per heavy atom. The first-order valence-corrected chi connectivity index (χ1v) is 5.09. The van der Waals surface area contributed by atoms with E-state index in [1.807, 2.05) is 0 Å². The molecule has 0 saturated heterocycles. The number of rotatable bonds is 5. The first kappa shape index (κ1) is 13.6. The van der Waals surface area contributed by atoms with E-state index in [0.717, 1.165) is 0 Å². The van der Waals surface area contributed by atoms with Crippen LogP contribution in [0.2, 0.25) is 0 Å². The fourth-order valence-corrected chi connectivity index (χ4v) is 1.37. The second kappa shape index (κ2) is 6.33. The number of ether oxygens (including phenoxy) is 2. The third-order valence-electron chi connectivity index (χ3n) is 2.21. The van der Waals surface area contributed by atoms with Crippen LogP contribution in [-0.4, -0.2) is 37.7 Å². The molecule has 7 nitrogen and oxygen atoms in total. The van der Waals surface area contributed by atoms with Crippen LogP contribution in [0.25, 0.3) is 0 Å². The molecule has 0 heterocycles. The minimum atomic E-state index is -0.405. The molecule has 1 rings (SSSR count). The highest BCUT2D eigenvalue weighted by Crippen LogP contribution is 2.30. The van der Waals surface area contributed by atoms with Gasteiger partial charge in [-0.2, -0.15) is 0 Å². The van der Waals surface area contributed by atoms with Gasteiger partial charge in [0, 0.05) is 0 Å². The van der Waals surface area contributed by atoms with Gasteiger partial charge in [-0.3, -0.25) is 4.79 Å². The van der Waals surface area contributed by atoms with Crippen molar-refractivity contribution in [1.82, 2.24) is 5.32 Å². The van der Waals surface area contributed by atoms with Gasteiger partial charge in [-0.1, -0.05) is 11.2 Å². The molecule has 1 aromatic rings. The predicted molar refractivity (Wildman–Crippen MR) is 65.3 cm³/mol. The van der Waals surface area contributed by atoms with Crippen LogP contribution < -0.4 is 20.5 Å². The zero-order valence-electron chi connectivity index (χ0n) is 10.1. The lowest BCUT2D eigenvalue weighted by molar-refractivity contribution is 0.0955. The summed E-state index contributed by atoms with van der Waals surface area (Å²) >= 11 is 0. The van der Waals surface area contributed by atoms with E-state index < -0.39 is 5.91 Å². The molecule has 0 atom stereocenters. The van der Waals surface area contributed by atoms with E-state index >= 15 is 0 Å². The molecule has 0 unspecified atom stereocenters. The molecule has 0 aromatic heterocycles. The van der Waals surface area contributed by atoms with E-state index in [4.69, 9.17) is 20.4 Å². The number of hydrogen-bond acceptors (Lipinski definition) is 5. The van der Waals surface area contributed by atoms with Gasteiger partial charge in [-0.15, -0.1) is 0 Å². The standard InChI is InChI=1S/C11H15N3O4/c1-17-8-5-3-4-7(10(8)18-2)11(15)13-6-9(12)14-16/h3-5,16H,6H2,1-2H3,(H2,12,14)(H,13,15). The number of methoxy groups -OCH3 is 2. The summed E-state index contributed by atoms with van der Waals surface area (Å²) in [5.74, 6) is 0.286. The van der Waals surface area contributed by atoms with Crippen LogP contribution in [0.4, 0.5) is 0 Å². The lowest BCUT2D eigenvalue weighted by Crippen LogP contribution is -2.33. The van der Waals surface area contributed by atoms with Crippen molar-refractivity contribution in [3.05, 3.63) is 23.8 Å². The van der Waals surface area contributed by atoms with Crippen LogP contribution >= 0.6 is 0 Å². The zero-order valence-corrected chi connectivity index (χ0v) is 10.1. The van der Waals surface area contributed by atoms with E-state index in [0.29, 0.717) is 17.1 Å². The predicted octanol–water partition coefficient (Wildman–Crippen LogP) is 0.180. The number of oxime groups is 1. The molecule has 1 amide bonds. The molecule has 18 heavy (non-hydrogen) atoms. The molecule has 0 aliphatic heterocycles. The average Bonchev–Trinajstić information content (AvgIpc) is 2.42. The first-order chi connectivity index (χ1) is 8.63. The molecule has 0 radical (unpaired) electrons. The quantitative estimate of drug-likeness (QED) is 0.300. The van der Waals surface area contributed by atoms with Gasteiger partial charge in [0.15, 0.2) is 17.3 Å². The summed E-state index contributed by atoms with van der Waals surface area (Å²) in [6.07, 6.45) is 0. The van der Waals surface area contributed by atoms with Gasteiger partial charge in [-0.05, 0) is 12.1 Å². The fraction of sp³-hybridized carbons (Fsp3) is 0.273. The highest BCUT2D eigenvalue weighted by molar-refractivity contribution is 5.99. The molecule has 98 valence electrons. The van der Waals surface area contributed by atoms with Gasteiger partial charge in [0.05, 0.1) is 26.3 Å². The van der Waals surface area contributed by atoms with E-state index in [9.17, 15) is 4.79 Å². The summed E-state index contributed by atoms with van der Waals surface area (Å²) in [5.41, 5.74) is 5.56. The molecule has 0 aliphatic rings. The van der Waals surface area contributed by atoms with Gasteiger partial charge in [0.25, 0.3) is 5.91 Å². The Labute approximate surface area is 104 Å². The van der Waals surface area contributed by atoms with Crippen molar-refractivity contribution >= 4 is 11.7 Å². The molecule has 7 heteroatoms. The number of amidine groups is 1. The SMILES string of the molecule is COc1cccc(C(=O)NC/C(N)=N/O)c1OC. The van der Waals surface area contributed by atoms with Gasteiger partial charge < -0.3 is 25.7 Å². The van der Waals surface area contributed by atoms with Gasteiger partial charge in [-0.25, -0.2) is 0 Å². The number of hydrogen-bond donors (Lipinski definition) is 3. The monoisotopic (exact) mass is 253 g/mol. The number of nitrogens with two attached hydrogens (primary N) is 1. The summed E-state index contributed by atoms with van der Waals surface area (Å²) in [4.78, 5) is 11.9. The van der Waals surface area contributed by atoms with E-state index in [1.165, 1.54) is 14.2 Å². The lowest BCUT2D eigenvalue weighted by atomic mass is 10.1. The Morgan fingerprint density at radius 3 is 2.72 bits per heavy atom. The van der Waals surface area contributed by atoms with Crippen molar-refractivity contribution in [1.29, 1.82) is 0 Å². The summed E-state index contributed by atoms with van der Waals surface area (Å²) in [7, 11) is 2.92. The molecule has 0 bridgehead atoms. The van der Waals surface area contributed by atoms with Crippen LogP contribution in [0.1, 0.15) is 10.4 Å². The molecule has 0 saturated carbocycles. The minimum Gasteiger partial charge on any atom is -0.493 e. The lowest BCUT2D eigenvalue weighted by Gasteiger charge is -2.12. The largest absolute Gasteiger partial charge is 0.493 e. The number of carbonyl (C=O) groups excluding carboxylic acids is 1. The van der Waals surface area contributed by atoms with E-state index in [2.05, 4.69) is 10.5 Å². The number of amides is 1. The minimum absolute atomic E-state index is 0.0598. The highest BCUT2D eigenvalue weighted by atomic mass is 16.5. The van der Waals surface area contributed by atoms with Gasteiger partial charge in [0.2, 0.25) is 0 Å². The second-order valence-corrected chi connectivity index (χ2v) is 3.32. The molecule has 0 fully saturated rings. The number of nitrogens with one attached hydrogen (secondary N) is 1. The Balaban J connectivity index is 2.91. The normalized spacial score (nSPS) is 10.9. The van der Waals surface area contributed by atoms with Crippen LogP contribution in [0.3, 0.4) is 0 Å². The Bertz CT molecular complexity index is 460. The number of para-hydroxylation sites is 1. The Morgan fingerprint density at radius 2 is 2.17 bits per heavy atom. The number of nitrogens with zero attached hydrogens (tertiary/aromatic N) is 1. The molecule has 0 aliphatic carbocycles. The topological polar surface area (TPSA) is 106 Å². The summed E-state index contributed by atoms with van der Waals surface area (Å²) < 4.78 is 10.2. The summed E-state index contributed by atoms with van der Waals surface area (Å²) in [5, 5.41) is 13.6. The fourth-order valence-electron chi connectivity index (χ4n) is 1.37. The third kappa shape index (κ3) is 3.03. The highest BCUT2D eigenvalue weighted by Gasteiger charge is 2.16. The van der Waals surface area contributed by atoms with Gasteiger partial charge in [0.1, 0.15) is 0 Å². The van der Waals surface area contributed by atoms with Gasteiger partial charge >= 0.3 is 0 Å².